The van der Waals surface area contributed by atoms with E-state index in [1.165, 1.54) is 0 Å². The maximum atomic E-state index is 13.7. The molecule has 0 saturated heterocycles. The third-order valence-electron chi connectivity index (χ3n) is 6.28. The van der Waals surface area contributed by atoms with Crippen LogP contribution in [0.4, 0.5) is 0 Å². The van der Waals surface area contributed by atoms with E-state index in [-0.39, 0.29) is 19.1 Å². The maximum Gasteiger partial charge on any atom is 0.252 e. The molecule has 0 spiro atoms. The monoisotopic (exact) mass is 508 g/mol. The second-order valence-corrected chi connectivity index (χ2v) is 9.30. The Balaban J connectivity index is 1.90. The summed E-state index contributed by atoms with van der Waals surface area (Å²) < 4.78 is 11.8. The van der Waals surface area contributed by atoms with E-state index in [1.807, 2.05) is 69.6 Å². The molecule has 0 aliphatic carbocycles. The largest absolute Gasteiger partial charge is 0.494 e. The van der Waals surface area contributed by atoms with Crippen LogP contribution in [0.2, 0.25) is 0 Å². The van der Waals surface area contributed by atoms with Crippen molar-refractivity contribution in [3.63, 3.8) is 0 Å². The number of ether oxygens (including phenoxy) is 2. The molecular weight excluding hydrogens is 472 g/mol. The normalized spacial score (nSPS) is 18.6. The predicted molar refractivity (Wildman–Crippen MR) is 143 cm³/mol. The molecule has 1 aliphatic rings. The summed E-state index contributed by atoms with van der Waals surface area (Å²) in [6, 6.07) is 14.9. The van der Waals surface area contributed by atoms with Gasteiger partial charge in [-0.25, -0.2) is 4.99 Å². The van der Waals surface area contributed by atoms with Crippen LogP contribution in [0, 0.1) is 0 Å². The molecule has 37 heavy (non-hydrogen) atoms. The lowest BCUT2D eigenvalue weighted by atomic mass is 9.84. The topological polar surface area (TPSA) is 132 Å². The van der Waals surface area contributed by atoms with Gasteiger partial charge in [-0.15, -0.1) is 0 Å². The number of carbonyl (C=O) groups excluding carboxylic acids is 1. The van der Waals surface area contributed by atoms with Gasteiger partial charge in [-0.2, -0.15) is 0 Å². The summed E-state index contributed by atoms with van der Waals surface area (Å²) in [6.07, 6.45) is 1.15. The van der Waals surface area contributed by atoms with E-state index in [1.54, 1.807) is 0 Å². The quantitative estimate of drug-likeness (QED) is 0.175. The SMILES string of the molecule is C[C@H]1OC(c2ccc(OCCCO)cc2)=N[C@@]1(Cc1ccccc1CN=[N+]=[N-])C(=O)NCCCN(C)C. The zero-order chi connectivity index (χ0) is 26.7. The minimum atomic E-state index is -1.18. The molecule has 0 fully saturated rings. The van der Waals surface area contributed by atoms with Crippen molar-refractivity contribution in [2.45, 2.75) is 44.4 Å². The molecule has 1 amide bonds. The van der Waals surface area contributed by atoms with Gasteiger partial charge in [-0.1, -0.05) is 29.4 Å². The Labute approximate surface area is 217 Å². The Morgan fingerprint density at radius 2 is 1.95 bits per heavy atom. The van der Waals surface area contributed by atoms with Gasteiger partial charge >= 0.3 is 0 Å². The van der Waals surface area contributed by atoms with Crippen molar-refractivity contribution in [1.82, 2.24) is 10.2 Å². The Bertz CT molecular complexity index is 1110. The van der Waals surface area contributed by atoms with Crippen LogP contribution in [0.15, 0.2) is 58.6 Å². The third kappa shape index (κ3) is 7.45. The van der Waals surface area contributed by atoms with E-state index in [0.717, 1.165) is 29.7 Å². The Morgan fingerprint density at radius 1 is 1.22 bits per heavy atom. The average Bonchev–Trinajstić information content (AvgIpc) is 3.23. The minimum Gasteiger partial charge on any atom is -0.494 e. The van der Waals surface area contributed by atoms with E-state index in [0.29, 0.717) is 37.6 Å². The van der Waals surface area contributed by atoms with Gasteiger partial charge in [0.15, 0.2) is 5.54 Å². The molecule has 0 bridgehead atoms. The van der Waals surface area contributed by atoms with Gasteiger partial charge in [0.25, 0.3) is 5.91 Å². The second-order valence-electron chi connectivity index (χ2n) is 9.30. The molecule has 1 aliphatic heterocycles. The van der Waals surface area contributed by atoms with Crippen LogP contribution in [0.25, 0.3) is 10.4 Å². The molecule has 10 heteroatoms. The van der Waals surface area contributed by atoms with E-state index in [4.69, 9.17) is 25.1 Å². The van der Waals surface area contributed by atoms with Crippen LogP contribution in [-0.2, 0) is 22.5 Å². The number of carbonyl (C=O) groups is 1. The zero-order valence-electron chi connectivity index (χ0n) is 21.8. The second kappa shape index (κ2) is 13.6. The van der Waals surface area contributed by atoms with Gasteiger partial charge in [-0.05, 0) is 74.9 Å². The molecule has 10 nitrogen and oxygen atoms in total. The first-order valence-corrected chi connectivity index (χ1v) is 12.5. The number of rotatable bonds is 14. The molecule has 0 aromatic heterocycles. The van der Waals surface area contributed by atoms with E-state index in [2.05, 4.69) is 20.2 Å². The van der Waals surface area contributed by atoms with Crippen LogP contribution in [0.3, 0.4) is 0 Å². The summed E-state index contributed by atoms with van der Waals surface area (Å²) >= 11 is 0. The lowest BCUT2D eigenvalue weighted by Crippen LogP contribution is -2.53. The average molecular weight is 509 g/mol. The molecule has 1 heterocycles. The summed E-state index contributed by atoms with van der Waals surface area (Å²) in [7, 11) is 3.99. The molecule has 3 rings (SSSR count). The fourth-order valence-corrected chi connectivity index (χ4v) is 4.18. The zero-order valence-corrected chi connectivity index (χ0v) is 21.8. The number of aliphatic hydroxyl groups excluding tert-OH is 1. The highest BCUT2D eigenvalue weighted by atomic mass is 16.5. The number of hydrogen-bond acceptors (Lipinski definition) is 7. The molecule has 2 atom stereocenters. The number of nitrogens with zero attached hydrogens (tertiary/aromatic N) is 5. The smallest absolute Gasteiger partial charge is 0.252 e. The number of nitrogens with one attached hydrogen (secondary N) is 1. The Kier molecular flexibility index (Phi) is 10.3. The number of aliphatic imine (C=N–C) groups is 1. The van der Waals surface area contributed by atoms with Gasteiger partial charge in [0.1, 0.15) is 11.9 Å². The first kappa shape index (κ1) is 28.0. The third-order valence-corrected chi connectivity index (χ3v) is 6.28. The van der Waals surface area contributed by atoms with Gasteiger partial charge in [0.05, 0.1) is 13.2 Å². The van der Waals surface area contributed by atoms with Crippen molar-refractivity contribution in [2.24, 2.45) is 10.1 Å². The molecule has 2 aromatic rings. The number of azide groups is 1. The fraction of sp³-hybridized carbons (Fsp3) is 0.481. The number of benzene rings is 2. The van der Waals surface area contributed by atoms with Crippen LogP contribution in [-0.4, -0.2) is 73.9 Å². The summed E-state index contributed by atoms with van der Waals surface area (Å²) in [6.45, 7) is 3.93. The van der Waals surface area contributed by atoms with Gasteiger partial charge in [-0.3, -0.25) is 4.79 Å². The predicted octanol–water partition coefficient (Wildman–Crippen LogP) is 3.47. The molecule has 2 aromatic carbocycles. The minimum absolute atomic E-state index is 0.0753. The highest BCUT2D eigenvalue weighted by Crippen LogP contribution is 2.34. The molecular formula is C27H36N6O4. The Hall–Kier alpha value is -3.59. The lowest BCUT2D eigenvalue weighted by Gasteiger charge is -2.29. The van der Waals surface area contributed by atoms with Crippen LogP contribution in [0.1, 0.15) is 36.5 Å². The fourth-order valence-electron chi connectivity index (χ4n) is 4.18. The van der Waals surface area contributed by atoms with Crippen molar-refractivity contribution >= 4 is 11.8 Å². The first-order valence-electron chi connectivity index (χ1n) is 12.5. The summed E-state index contributed by atoms with van der Waals surface area (Å²) in [5, 5.41) is 15.7. The van der Waals surface area contributed by atoms with Crippen molar-refractivity contribution in [3.8, 4) is 5.75 Å². The molecule has 0 unspecified atom stereocenters. The Morgan fingerprint density at radius 3 is 2.62 bits per heavy atom. The highest BCUT2D eigenvalue weighted by Gasteiger charge is 2.50. The van der Waals surface area contributed by atoms with E-state index < -0.39 is 11.6 Å². The molecule has 0 radical (unpaired) electrons. The molecule has 2 N–H and O–H groups in total. The highest BCUT2D eigenvalue weighted by molar-refractivity contribution is 6.00. The van der Waals surface area contributed by atoms with E-state index in [9.17, 15) is 4.79 Å². The van der Waals surface area contributed by atoms with Crippen LogP contribution < -0.4 is 10.1 Å². The molecule has 0 saturated carbocycles. The van der Waals surface area contributed by atoms with Crippen molar-refractivity contribution < 1.29 is 19.4 Å². The van der Waals surface area contributed by atoms with Crippen LogP contribution in [0.5, 0.6) is 5.75 Å². The summed E-state index contributed by atoms with van der Waals surface area (Å²) in [5.41, 5.74) is 10.1. The first-order chi connectivity index (χ1) is 17.9. The van der Waals surface area contributed by atoms with Gasteiger partial charge in [0.2, 0.25) is 5.90 Å². The van der Waals surface area contributed by atoms with Crippen LogP contribution >= 0.6 is 0 Å². The lowest BCUT2D eigenvalue weighted by molar-refractivity contribution is -0.128. The number of aliphatic hydroxyl groups is 1. The van der Waals surface area contributed by atoms with Crippen molar-refractivity contribution in [1.29, 1.82) is 0 Å². The van der Waals surface area contributed by atoms with Gasteiger partial charge < -0.3 is 24.8 Å². The number of amides is 1. The number of hydrogen-bond donors (Lipinski definition) is 2. The maximum absolute atomic E-state index is 13.7. The summed E-state index contributed by atoms with van der Waals surface area (Å²) in [4.78, 5) is 23.6. The molecule has 198 valence electrons. The summed E-state index contributed by atoms with van der Waals surface area (Å²) in [5.74, 6) is 0.877. The van der Waals surface area contributed by atoms with E-state index >= 15 is 0 Å². The standard InChI is InChI=1S/C27H36N6O4/c1-20-27(26(35)29-14-6-15-33(2)3,18-22-8-4-5-9-23(22)19-30-32-28)31-25(37-20)21-10-12-24(13-11-21)36-17-7-16-34/h4-5,8-13,20,34H,6-7,14-19H2,1-3H3,(H,29,35)/t20-,27-/m1/s1. The van der Waals surface area contributed by atoms with Gasteiger partial charge in [0, 0.05) is 36.5 Å². The van der Waals surface area contributed by atoms with Crippen molar-refractivity contribution in [2.75, 3.05) is 40.4 Å². The van der Waals surface area contributed by atoms with Crippen molar-refractivity contribution in [3.05, 3.63) is 75.7 Å².